The monoisotopic (exact) mass is 377 g/mol. The first-order chi connectivity index (χ1) is 13.5. The molecular weight excluding hydrogens is 358 g/mol. The van der Waals surface area contributed by atoms with Gasteiger partial charge in [0.05, 0.1) is 18.6 Å². The smallest absolute Gasteiger partial charge is 0.270 e. The third kappa shape index (κ3) is 3.20. The second-order valence-corrected chi connectivity index (χ2v) is 6.71. The maximum atomic E-state index is 12.9. The van der Waals surface area contributed by atoms with Crippen molar-refractivity contribution in [3.8, 4) is 5.69 Å². The lowest BCUT2D eigenvalue weighted by atomic mass is 9.90. The highest BCUT2D eigenvalue weighted by atomic mass is 16.2. The first-order valence-corrected chi connectivity index (χ1v) is 8.99. The highest BCUT2D eigenvalue weighted by Gasteiger charge is 2.26. The zero-order valence-corrected chi connectivity index (χ0v) is 15.0. The second-order valence-electron chi connectivity index (χ2n) is 6.71. The maximum Gasteiger partial charge on any atom is 0.270 e. The largest absolute Gasteiger partial charge is 0.365 e. The van der Waals surface area contributed by atoms with Crippen LogP contribution in [0.1, 0.15) is 51.0 Å². The number of H-pyrrole nitrogens is 1. The molecule has 0 spiro atoms. The summed E-state index contributed by atoms with van der Waals surface area (Å²) in [4.78, 5) is 43.3. The average molecular weight is 377 g/mol. The van der Waals surface area contributed by atoms with Gasteiger partial charge in [-0.15, -0.1) is 0 Å². The summed E-state index contributed by atoms with van der Waals surface area (Å²) in [6.45, 7) is 0. The Kier molecular flexibility index (Phi) is 4.52. The van der Waals surface area contributed by atoms with Crippen LogP contribution in [0.5, 0.6) is 0 Å². The molecule has 3 aromatic rings. The number of carbonyl (C=O) groups is 2. The molecule has 0 saturated heterocycles. The third-order valence-corrected chi connectivity index (χ3v) is 4.93. The summed E-state index contributed by atoms with van der Waals surface area (Å²) in [5.74, 6) is -1.08. The number of primary amides is 1. The standard InChI is InChI=1S/C20H19N5O3/c21-18(26)14-9-13-15(23-19(14)27)7-4-8-16(13)24-20(28)17-10-22-11-25(17)12-5-2-1-3-6-12/h1-3,5-6,9-11,16H,4,7-8H2,(H2,21,26)(H,23,27)(H,24,28). The van der Waals surface area contributed by atoms with E-state index in [1.807, 2.05) is 30.3 Å². The van der Waals surface area contributed by atoms with Crippen molar-refractivity contribution in [2.45, 2.75) is 25.3 Å². The highest BCUT2D eigenvalue weighted by molar-refractivity contribution is 5.94. The number of nitrogens with zero attached hydrogens (tertiary/aromatic N) is 2. The number of rotatable bonds is 4. The van der Waals surface area contributed by atoms with Crippen molar-refractivity contribution in [2.24, 2.45) is 5.73 Å². The number of hydrogen-bond donors (Lipinski definition) is 3. The molecule has 1 unspecified atom stereocenters. The summed E-state index contributed by atoms with van der Waals surface area (Å²) in [7, 11) is 0. The van der Waals surface area contributed by atoms with Crippen LogP contribution in [0.25, 0.3) is 5.69 Å². The number of hydrogen-bond acceptors (Lipinski definition) is 4. The van der Waals surface area contributed by atoms with E-state index in [1.165, 1.54) is 12.3 Å². The SMILES string of the molecule is NC(=O)c1cc2c([nH]c1=O)CCCC2NC(=O)c1cncn1-c1ccccc1. The van der Waals surface area contributed by atoms with E-state index in [2.05, 4.69) is 15.3 Å². The number of benzene rings is 1. The minimum atomic E-state index is -0.790. The van der Waals surface area contributed by atoms with Gasteiger partial charge in [-0.3, -0.25) is 19.0 Å². The number of aromatic nitrogens is 3. The number of fused-ring (bicyclic) bond motifs is 1. The Labute approximate surface area is 160 Å². The Morgan fingerprint density at radius 2 is 2.04 bits per heavy atom. The Morgan fingerprint density at radius 3 is 2.79 bits per heavy atom. The van der Waals surface area contributed by atoms with Crippen molar-refractivity contribution in [1.82, 2.24) is 19.9 Å². The first-order valence-electron chi connectivity index (χ1n) is 8.99. The van der Waals surface area contributed by atoms with Gasteiger partial charge in [0.25, 0.3) is 17.4 Å². The number of carbonyl (C=O) groups excluding carboxylic acids is 2. The van der Waals surface area contributed by atoms with Gasteiger partial charge >= 0.3 is 0 Å². The molecule has 4 N–H and O–H groups in total. The van der Waals surface area contributed by atoms with Gasteiger partial charge in [-0.2, -0.15) is 0 Å². The highest BCUT2D eigenvalue weighted by Crippen LogP contribution is 2.28. The van der Waals surface area contributed by atoms with Crippen LogP contribution < -0.4 is 16.6 Å². The van der Waals surface area contributed by atoms with Crippen LogP contribution in [0.4, 0.5) is 0 Å². The van der Waals surface area contributed by atoms with Crippen LogP contribution in [0.15, 0.2) is 53.7 Å². The van der Waals surface area contributed by atoms with Gasteiger partial charge in [0.15, 0.2) is 0 Å². The molecule has 0 saturated carbocycles. The minimum absolute atomic E-state index is 0.103. The molecule has 1 aliphatic rings. The zero-order chi connectivity index (χ0) is 19.7. The molecule has 142 valence electrons. The number of nitrogens with one attached hydrogen (secondary N) is 2. The lowest BCUT2D eigenvalue weighted by molar-refractivity contribution is 0.0925. The normalized spacial score (nSPS) is 15.6. The van der Waals surface area contributed by atoms with Crippen LogP contribution in [-0.2, 0) is 6.42 Å². The molecule has 1 aliphatic carbocycles. The van der Waals surface area contributed by atoms with Gasteiger partial charge in [-0.1, -0.05) is 18.2 Å². The molecule has 0 bridgehead atoms. The topological polar surface area (TPSA) is 123 Å². The number of aromatic amines is 1. The molecule has 2 heterocycles. The van der Waals surface area contributed by atoms with Crippen LogP contribution in [-0.4, -0.2) is 26.3 Å². The molecule has 2 aromatic heterocycles. The molecular formula is C20H19N5O3. The molecule has 28 heavy (non-hydrogen) atoms. The Hall–Kier alpha value is -3.68. The molecule has 8 nitrogen and oxygen atoms in total. The molecule has 0 fully saturated rings. The van der Waals surface area contributed by atoms with Crippen molar-refractivity contribution in [3.05, 3.63) is 81.8 Å². The van der Waals surface area contributed by atoms with Gasteiger partial charge in [-0.05, 0) is 43.0 Å². The van der Waals surface area contributed by atoms with E-state index >= 15 is 0 Å². The number of amides is 2. The fourth-order valence-corrected chi connectivity index (χ4v) is 3.56. The number of aryl methyl sites for hydroxylation is 1. The van der Waals surface area contributed by atoms with Crippen molar-refractivity contribution in [1.29, 1.82) is 0 Å². The number of imidazole rings is 1. The van der Waals surface area contributed by atoms with Crippen molar-refractivity contribution in [3.63, 3.8) is 0 Å². The molecule has 2 amide bonds. The van der Waals surface area contributed by atoms with E-state index < -0.39 is 11.5 Å². The van der Waals surface area contributed by atoms with Crippen LogP contribution in [0, 0.1) is 0 Å². The zero-order valence-electron chi connectivity index (χ0n) is 15.0. The van der Waals surface area contributed by atoms with Crippen LogP contribution in [0.2, 0.25) is 0 Å². The second kappa shape index (κ2) is 7.15. The van der Waals surface area contributed by atoms with E-state index in [1.54, 1.807) is 10.9 Å². The Bertz CT molecular complexity index is 1100. The van der Waals surface area contributed by atoms with Crippen molar-refractivity contribution < 1.29 is 9.59 Å². The number of pyridine rings is 1. The summed E-state index contributed by atoms with van der Waals surface area (Å²) in [5.41, 5.74) is 7.37. The third-order valence-electron chi connectivity index (χ3n) is 4.93. The molecule has 0 aliphatic heterocycles. The van der Waals surface area contributed by atoms with Crippen molar-refractivity contribution >= 4 is 11.8 Å². The van der Waals surface area contributed by atoms with E-state index in [0.717, 1.165) is 23.4 Å². The lowest BCUT2D eigenvalue weighted by Gasteiger charge is -2.26. The quantitative estimate of drug-likeness (QED) is 0.637. The molecule has 1 aromatic carbocycles. The van der Waals surface area contributed by atoms with E-state index in [9.17, 15) is 14.4 Å². The number of para-hydroxylation sites is 1. The summed E-state index contributed by atoms with van der Waals surface area (Å²) >= 11 is 0. The van der Waals surface area contributed by atoms with Crippen molar-refractivity contribution in [2.75, 3.05) is 0 Å². The van der Waals surface area contributed by atoms with Gasteiger partial charge in [-0.25, -0.2) is 4.98 Å². The van der Waals surface area contributed by atoms with Gasteiger partial charge in [0.1, 0.15) is 11.3 Å². The van der Waals surface area contributed by atoms with Gasteiger partial charge < -0.3 is 16.0 Å². The van der Waals surface area contributed by atoms with Crippen LogP contribution >= 0.6 is 0 Å². The summed E-state index contributed by atoms with van der Waals surface area (Å²) < 4.78 is 1.71. The molecule has 4 rings (SSSR count). The van der Waals surface area contributed by atoms with Crippen LogP contribution in [0.3, 0.4) is 0 Å². The summed E-state index contributed by atoms with van der Waals surface area (Å²) in [6, 6.07) is 10.6. The fraction of sp³-hybridized carbons (Fsp3) is 0.200. The molecule has 1 atom stereocenters. The predicted octanol–water partition coefficient (Wildman–Crippen LogP) is 1.47. The summed E-state index contributed by atoms with van der Waals surface area (Å²) in [6.07, 6.45) is 5.28. The average Bonchev–Trinajstić information content (AvgIpc) is 3.18. The molecule has 8 heteroatoms. The first kappa shape index (κ1) is 17.7. The maximum absolute atomic E-state index is 12.9. The Balaban J connectivity index is 1.65. The van der Waals surface area contributed by atoms with E-state index in [-0.39, 0.29) is 17.5 Å². The Morgan fingerprint density at radius 1 is 1.25 bits per heavy atom. The van der Waals surface area contributed by atoms with Gasteiger partial charge in [0.2, 0.25) is 0 Å². The van der Waals surface area contributed by atoms with Gasteiger partial charge in [0, 0.05) is 11.4 Å². The summed E-state index contributed by atoms with van der Waals surface area (Å²) in [5, 5.41) is 3.00. The predicted molar refractivity (Wildman–Crippen MR) is 102 cm³/mol. The van der Waals surface area contributed by atoms with E-state index in [4.69, 9.17) is 5.73 Å². The minimum Gasteiger partial charge on any atom is -0.365 e. The van der Waals surface area contributed by atoms with E-state index in [0.29, 0.717) is 18.5 Å². The lowest BCUT2D eigenvalue weighted by Crippen LogP contribution is -2.34. The number of nitrogens with two attached hydrogens (primary N) is 1. The molecule has 0 radical (unpaired) electrons. The fourth-order valence-electron chi connectivity index (χ4n) is 3.56.